The van der Waals surface area contributed by atoms with E-state index < -0.39 is 0 Å². The van der Waals surface area contributed by atoms with Crippen LogP contribution in [0.25, 0.3) is 0 Å². The van der Waals surface area contributed by atoms with Crippen molar-refractivity contribution in [2.24, 2.45) is 0 Å². The maximum absolute atomic E-state index is 13.5. The highest BCUT2D eigenvalue weighted by Crippen LogP contribution is 2.19. The highest BCUT2D eigenvalue weighted by atomic mass is 35.5. The molecule has 0 atom stereocenters. The molecule has 2 aromatic rings. The summed E-state index contributed by atoms with van der Waals surface area (Å²) in [4.78, 5) is 13.4. The van der Waals surface area contributed by atoms with E-state index in [1.54, 1.807) is 25.2 Å². The van der Waals surface area contributed by atoms with Crippen LogP contribution >= 0.6 is 11.6 Å². The average Bonchev–Trinajstić information content (AvgIpc) is 2.77. The third-order valence-electron chi connectivity index (χ3n) is 2.56. The highest BCUT2D eigenvalue weighted by Gasteiger charge is 2.18. The van der Waals surface area contributed by atoms with Gasteiger partial charge in [0.05, 0.1) is 11.8 Å². The Morgan fingerprint density at radius 2 is 2.11 bits per heavy atom. The molecule has 0 spiro atoms. The molecule has 0 unspecified atom stereocenters. The molecule has 1 heterocycles. The fourth-order valence-electron chi connectivity index (χ4n) is 1.61. The van der Waals surface area contributed by atoms with Crippen molar-refractivity contribution < 1.29 is 13.6 Å². The Balaban J connectivity index is 2.14. The van der Waals surface area contributed by atoms with Gasteiger partial charge in [-0.25, -0.2) is 4.39 Å². The molecule has 0 aliphatic rings. The van der Waals surface area contributed by atoms with Gasteiger partial charge in [-0.1, -0.05) is 18.2 Å². The summed E-state index contributed by atoms with van der Waals surface area (Å²) in [5.74, 6) is -0.646. The van der Waals surface area contributed by atoms with Crippen molar-refractivity contribution in [1.29, 1.82) is 0 Å². The van der Waals surface area contributed by atoms with Crippen molar-refractivity contribution in [3.05, 3.63) is 58.8 Å². The number of hydrogen-bond donors (Lipinski definition) is 0. The Morgan fingerprint density at radius 3 is 2.72 bits per heavy atom. The number of carbonyl (C=O) groups excluding carboxylic acids is 1. The monoisotopic (exact) mass is 267 g/mol. The van der Waals surface area contributed by atoms with Crippen LogP contribution < -0.4 is 0 Å². The number of hydrogen-bond acceptors (Lipinski definition) is 2. The molecule has 0 aliphatic heterocycles. The molecule has 3 nitrogen and oxygen atoms in total. The molecule has 0 saturated carbocycles. The molecule has 0 fully saturated rings. The lowest BCUT2D eigenvalue weighted by Crippen LogP contribution is -2.26. The van der Waals surface area contributed by atoms with E-state index in [-0.39, 0.29) is 29.1 Å². The largest absolute Gasteiger partial charge is 0.452 e. The molecular weight excluding hydrogens is 257 g/mol. The zero-order valence-electron chi connectivity index (χ0n) is 9.69. The summed E-state index contributed by atoms with van der Waals surface area (Å²) in [6.45, 7) is 0.174. The van der Waals surface area contributed by atoms with Crippen LogP contribution in [0.2, 0.25) is 5.22 Å². The summed E-state index contributed by atoms with van der Waals surface area (Å²) in [6, 6.07) is 7.81. The van der Waals surface area contributed by atoms with E-state index in [9.17, 15) is 9.18 Å². The van der Waals surface area contributed by atoms with Gasteiger partial charge < -0.3 is 9.32 Å². The third kappa shape index (κ3) is 2.54. The van der Waals surface area contributed by atoms with Crippen LogP contribution in [0.5, 0.6) is 0 Å². The number of amides is 1. The number of carbonyl (C=O) groups is 1. The van der Waals surface area contributed by atoms with Crippen LogP contribution in [0.3, 0.4) is 0 Å². The standard InChI is InChI=1S/C13H11ClFNO2/c1-16(8-9-4-2-3-5-11(9)15)13(17)10-6-7-18-12(10)14/h2-7H,8H2,1H3. The summed E-state index contributed by atoms with van der Waals surface area (Å²) < 4.78 is 18.3. The van der Waals surface area contributed by atoms with Crippen molar-refractivity contribution in [2.75, 3.05) is 7.05 Å². The SMILES string of the molecule is CN(Cc1ccccc1F)C(=O)c1ccoc1Cl. The first-order chi connectivity index (χ1) is 8.59. The van der Waals surface area contributed by atoms with Crippen LogP contribution in [0.1, 0.15) is 15.9 Å². The maximum Gasteiger partial charge on any atom is 0.258 e. The lowest BCUT2D eigenvalue weighted by molar-refractivity contribution is 0.0783. The summed E-state index contributed by atoms with van der Waals surface area (Å²) in [5.41, 5.74) is 0.725. The zero-order chi connectivity index (χ0) is 13.1. The van der Waals surface area contributed by atoms with Crippen molar-refractivity contribution >= 4 is 17.5 Å². The summed E-state index contributed by atoms with van der Waals surface area (Å²) >= 11 is 5.72. The van der Waals surface area contributed by atoms with E-state index in [0.717, 1.165) is 0 Å². The predicted octanol–water partition coefficient (Wildman–Crippen LogP) is 3.34. The van der Waals surface area contributed by atoms with E-state index in [1.807, 2.05) is 0 Å². The average molecular weight is 268 g/mol. The predicted molar refractivity (Wildman–Crippen MR) is 65.9 cm³/mol. The van der Waals surface area contributed by atoms with Crippen molar-refractivity contribution in [1.82, 2.24) is 4.90 Å². The van der Waals surface area contributed by atoms with Gasteiger partial charge in [-0.15, -0.1) is 0 Å². The minimum absolute atomic E-state index is 0.0420. The molecule has 0 aliphatic carbocycles. The first-order valence-corrected chi connectivity index (χ1v) is 5.69. The topological polar surface area (TPSA) is 33.5 Å². The smallest absolute Gasteiger partial charge is 0.258 e. The van der Waals surface area contributed by atoms with Gasteiger partial charge in [0.1, 0.15) is 5.82 Å². The highest BCUT2D eigenvalue weighted by molar-refractivity contribution is 6.32. The lowest BCUT2D eigenvalue weighted by atomic mass is 10.2. The molecule has 0 bridgehead atoms. The van der Waals surface area contributed by atoms with Gasteiger partial charge in [0.15, 0.2) is 0 Å². The minimum Gasteiger partial charge on any atom is -0.452 e. The fraction of sp³-hybridized carbons (Fsp3) is 0.154. The Bertz CT molecular complexity index is 568. The molecule has 0 N–H and O–H groups in total. The molecule has 94 valence electrons. The molecule has 5 heteroatoms. The first kappa shape index (κ1) is 12.6. The molecule has 1 aromatic carbocycles. The number of furan rings is 1. The Morgan fingerprint density at radius 1 is 1.39 bits per heavy atom. The second kappa shape index (κ2) is 5.23. The molecule has 18 heavy (non-hydrogen) atoms. The van der Waals surface area contributed by atoms with Gasteiger partial charge in [-0.3, -0.25) is 4.79 Å². The van der Waals surface area contributed by atoms with Crippen molar-refractivity contribution in [3.8, 4) is 0 Å². The zero-order valence-corrected chi connectivity index (χ0v) is 10.4. The van der Waals surface area contributed by atoms with Crippen LogP contribution in [-0.2, 0) is 6.54 Å². The Kier molecular flexibility index (Phi) is 3.67. The third-order valence-corrected chi connectivity index (χ3v) is 2.85. The summed E-state index contributed by atoms with van der Waals surface area (Å²) in [6.07, 6.45) is 1.34. The molecule has 0 radical (unpaired) electrons. The number of halogens is 2. The molecule has 1 aromatic heterocycles. The van der Waals surface area contributed by atoms with Gasteiger partial charge in [-0.2, -0.15) is 0 Å². The van der Waals surface area contributed by atoms with E-state index in [0.29, 0.717) is 5.56 Å². The second-order valence-corrected chi connectivity index (χ2v) is 4.20. The normalized spacial score (nSPS) is 10.4. The number of benzene rings is 1. The van der Waals surface area contributed by atoms with E-state index in [2.05, 4.69) is 0 Å². The number of nitrogens with zero attached hydrogens (tertiary/aromatic N) is 1. The van der Waals surface area contributed by atoms with Crippen LogP contribution in [0.4, 0.5) is 4.39 Å². The van der Waals surface area contributed by atoms with Crippen molar-refractivity contribution in [3.63, 3.8) is 0 Å². The van der Waals surface area contributed by atoms with E-state index in [4.69, 9.17) is 16.0 Å². The van der Waals surface area contributed by atoms with Gasteiger partial charge in [0, 0.05) is 19.2 Å². The van der Waals surface area contributed by atoms with E-state index >= 15 is 0 Å². The lowest BCUT2D eigenvalue weighted by Gasteiger charge is -2.16. The number of rotatable bonds is 3. The second-order valence-electron chi connectivity index (χ2n) is 3.86. The van der Waals surface area contributed by atoms with Gasteiger partial charge in [-0.05, 0) is 23.7 Å². The van der Waals surface area contributed by atoms with Gasteiger partial charge in [0.2, 0.25) is 5.22 Å². The fourth-order valence-corrected chi connectivity index (χ4v) is 1.80. The van der Waals surface area contributed by atoms with Crippen LogP contribution in [0.15, 0.2) is 41.0 Å². The van der Waals surface area contributed by atoms with Crippen LogP contribution in [0, 0.1) is 5.82 Å². The quantitative estimate of drug-likeness (QED) is 0.854. The maximum atomic E-state index is 13.5. The van der Waals surface area contributed by atoms with Crippen molar-refractivity contribution in [2.45, 2.75) is 6.54 Å². The van der Waals surface area contributed by atoms with Gasteiger partial charge >= 0.3 is 0 Å². The summed E-state index contributed by atoms with van der Waals surface area (Å²) in [5, 5.41) is 0.0420. The molecular formula is C13H11ClFNO2. The minimum atomic E-state index is -0.338. The molecule has 0 saturated heterocycles. The molecule has 2 rings (SSSR count). The Hall–Kier alpha value is -1.81. The van der Waals surface area contributed by atoms with E-state index in [1.165, 1.54) is 23.3 Å². The molecule has 1 amide bonds. The Labute approximate surface area is 109 Å². The summed E-state index contributed by atoms with van der Waals surface area (Å²) in [7, 11) is 1.58. The first-order valence-electron chi connectivity index (χ1n) is 5.31. The van der Waals surface area contributed by atoms with Gasteiger partial charge in [0.25, 0.3) is 5.91 Å². The van der Waals surface area contributed by atoms with Crippen LogP contribution in [-0.4, -0.2) is 17.9 Å².